The second-order valence-electron chi connectivity index (χ2n) is 4.96. The summed E-state index contributed by atoms with van der Waals surface area (Å²) in [7, 11) is 0. The number of nitrogens with zero attached hydrogens (tertiary/aromatic N) is 2. The SMILES string of the molecule is CCCc1nc2sc3c(c2c(=O)n1N)C[C@@H](C)OC3. The highest BCUT2D eigenvalue weighted by Crippen LogP contribution is 2.33. The number of hydrogen-bond donors (Lipinski definition) is 1. The van der Waals surface area contributed by atoms with E-state index in [1.807, 2.05) is 13.8 Å². The highest BCUT2D eigenvalue weighted by atomic mass is 32.1. The Bertz CT molecular complexity index is 689. The zero-order chi connectivity index (χ0) is 13.6. The van der Waals surface area contributed by atoms with Gasteiger partial charge in [-0.05, 0) is 18.9 Å². The van der Waals surface area contributed by atoms with E-state index in [4.69, 9.17) is 10.6 Å². The standard InChI is InChI=1S/C13H17N3O2S/c1-3-4-10-15-12-11(13(17)16(10)14)8-5-7(2)18-6-9(8)19-12/h7H,3-6,14H2,1-2H3/t7-/m1/s1. The Labute approximate surface area is 115 Å². The molecule has 2 aromatic heterocycles. The van der Waals surface area contributed by atoms with E-state index in [-0.39, 0.29) is 11.7 Å². The van der Waals surface area contributed by atoms with E-state index in [1.165, 1.54) is 4.68 Å². The second kappa shape index (κ2) is 4.61. The minimum atomic E-state index is -0.125. The van der Waals surface area contributed by atoms with Crippen LogP contribution in [-0.4, -0.2) is 15.8 Å². The van der Waals surface area contributed by atoms with Crippen molar-refractivity contribution in [1.29, 1.82) is 0 Å². The van der Waals surface area contributed by atoms with Crippen molar-refractivity contribution < 1.29 is 4.74 Å². The van der Waals surface area contributed by atoms with Crippen LogP contribution in [0.5, 0.6) is 0 Å². The van der Waals surface area contributed by atoms with Gasteiger partial charge in [0.1, 0.15) is 10.7 Å². The van der Waals surface area contributed by atoms with Crippen molar-refractivity contribution in [3.8, 4) is 0 Å². The molecule has 0 unspecified atom stereocenters. The van der Waals surface area contributed by atoms with Gasteiger partial charge in [0.15, 0.2) is 0 Å². The minimum absolute atomic E-state index is 0.125. The summed E-state index contributed by atoms with van der Waals surface area (Å²) in [6.45, 7) is 4.64. The molecule has 2 aromatic rings. The molecule has 19 heavy (non-hydrogen) atoms. The van der Waals surface area contributed by atoms with Crippen molar-refractivity contribution in [2.45, 2.75) is 45.8 Å². The Morgan fingerprint density at radius 2 is 2.37 bits per heavy atom. The maximum atomic E-state index is 12.4. The maximum Gasteiger partial charge on any atom is 0.280 e. The highest BCUT2D eigenvalue weighted by Gasteiger charge is 2.24. The van der Waals surface area contributed by atoms with Crippen LogP contribution >= 0.6 is 11.3 Å². The van der Waals surface area contributed by atoms with Crippen molar-refractivity contribution in [2.75, 3.05) is 5.84 Å². The Balaban J connectivity index is 2.27. The Hall–Kier alpha value is -1.40. The summed E-state index contributed by atoms with van der Waals surface area (Å²) in [4.78, 5) is 18.9. The Morgan fingerprint density at radius 3 is 3.11 bits per heavy atom. The van der Waals surface area contributed by atoms with Crippen LogP contribution < -0.4 is 11.4 Å². The summed E-state index contributed by atoms with van der Waals surface area (Å²) < 4.78 is 6.83. The topological polar surface area (TPSA) is 70.1 Å². The van der Waals surface area contributed by atoms with E-state index in [0.29, 0.717) is 17.8 Å². The van der Waals surface area contributed by atoms with Gasteiger partial charge in [0.2, 0.25) is 0 Å². The van der Waals surface area contributed by atoms with Crippen molar-refractivity contribution >= 4 is 21.6 Å². The molecule has 2 N–H and O–H groups in total. The highest BCUT2D eigenvalue weighted by molar-refractivity contribution is 7.18. The van der Waals surface area contributed by atoms with Gasteiger partial charge in [0.05, 0.1) is 18.1 Å². The van der Waals surface area contributed by atoms with Gasteiger partial charge in [0, 0.05) is 17.7 Å². The molecule has 0 bridgehead atoms. The Kier molecular flexibility index (Phi) is 3.06. The van der Waals surface area contributed by atoms with Crippen LogP contribution in [0.3, 0.4) is 0 Å². The van der Waals surface area contributed by atoms with Crippen LogP contribution in [0.2, 0.25) is 0 Å². The molecule has 0 aliphatic carbocycles. The van der Waals surface area contributed by atoms with Crippen molar-refractivity contribution in [2.24, 2.45) is 0 Å². The Morgan fingerprint density at radius 1 is 1.58 bits per heavy atom. The van der Waals surface area contributed by atoms with Gasteiger partial charge in [-0.1, -0.05) is 6.92 Å². The monoisotopic (exact) mass is 279 g/mol. The van der Waals surface area contributed by atoms with Crippen molar-refractivity contribution in [1.82, 2.24) is 9.66 Å². The molecule has 1 atom stereocenters. The summed E-state index contributed by atoms with van der Waals surface area (Å²) in [5.74, 6) is 6.54. The summed E-state index contributed by atoms with van der Waals surface area (Å²) in [5.41, 5.74) is 0.957. The van der Waals surface area contributed by atoms with E-state index < -0.39 is 0 Å². The van der Waals surface area contributed by atoms with E-state index in [0.717, 1.165) is 34.5 Å². The first kappa shape index (κ1) is 12.6. The fourth-order valence-electron chi connectivity index (χ4n) is 2.50. The normalized spacial score (nSPS) is 18.7. The van der Waals surface area contributed by atoms with Gasteiger partial charge in [-0.25, -0.2) is 9.66 Å². The van der Waals surface area contributed by atoms with Gasteiger partial charge >= 0.3 is 0 Å². The van der Waals surface area contributed by atoms with Crippen LogP contribution in [0.15, 0.2) is 4.79 Å². The largest absolute Gasteiger partial charge is 0.373 e. The summed E-state index contributed by atoms with van der Waals surface area (Å²) in [6, 6.07) is 0. The number of aryl methyl sites for hydroxylation is 1. The fraction of sp³-hybridized carbons (Fsp3) is 0.538. The number of thiophene rings is 1. The fourth-order valence-corrected chi connectivity index (χ4v) is 3.64. The number of aromatic nitrogens is 2. The maximum absolute atomic E-state index is 12.4. The molecule has 0 fully saturated rings. The van der Waals surface area contributed by atoms with Gasteiger partial charge < -0.3 is 10.6 Å². The third-order valence-electron chi connectivity index (χ3n) is 3.48. The van der Waals surface area contributed by atoms with Crippen LogP contribution in [0.4, 0.5) is 0 Å². The smallest absolute Gasteiger partial charge is 0.280 e. The zero-order valence-corrected chi connectivity index (χ0v) is 11.9. The van der Waals surface area contributed by atoms with E-state index in [9.17, 15) is 4.79 Å². The molecule has 0 spiro atoms. The van der Waals surface area contributed by atoms with Crippen LogP contribution in [0.25, 0.3) is 10.2 Å². The number of nitrogens with two attached hydrogens (primary N) is 1. The summed E-state index contributed by atoms with van der Waals surface area (Å²) in [5, 5.41) is 0.692. The number of nitrogen functional groups attached to an aromatic ring is 1. The predicted octanol–water partition coefficient (Wildman–Crippen LogP) is 1.59. The molecule has 3 rings (SSSR count). The number of hydrogen-bond acceptors (Lipinski definition) is 5. The molecular formula is C13H17N3O2S. The molecule has 3 heterocycles. The van der Waals surface area contributed by atoms with Crippen LogP contribution in [0, 0.1) is 0 Å². The van der Waals surface area contributed by atoms with Crippen molar-refractivity contribution in [3.05, 3.63) is 26.6 Å². The second-order valence-corrected chi connectivity index (χ2v) is 6.05. The molecule has 102 valence electrons. The summed E-state index contributed by atoms with van der Waals surface area (Å²) in [6.07, 6.45) is 2.54. The third kappa shape index (κ3) is 1.95. The molecule has 0 saturated heterocycles. The first-order valence-electron chi connectivity index (χ1n) is 6.54. The molecule has 0 amide bonds. The lowest BCUT2D eigenvalue weighted by molar-refractivity contribution is 0.0437. The van der Waals surface area contributed by atoms with Gasteiger partial charge in [-0.2, -0.15) is 0 Å². The van der Waals surface area contributed by atoms with Crippen molar-refractivity contribution in [3.63, 3.8) is 0 Å². The molecule has 0 radical (unpaired) electrons. The molecule has 0 aromatic carbocycles. The lowest BCUT2D eigenvalue weighted by Crippen LogP contribution is -2.32. The number of ether oxygens (including phenoxy) is 1. The molecular weight excluding hydrogens is 262 g/mol. The third-order valence-corrected chi connectivity index (χ3v) is 4.58. The average molecular weight is 279 g/mol. The lowest BCUT2D eigenvalue weighted by atomic mass is 10.0. The molecule has 0 saturated carbocycles. The summed E-state index contributed by atoms with van der Waals surface area (Å²) >= 11 is 1.56. The number of rotatable bonds is 2. The van der Waals surface area contributed by atoms with Gasteiger partial charge in [-0.15, -0.1) is 11.3 Å². The molecule has 5 nitrogen and oxygen atoms in total. The first-order valence-corrected chi connectivity index (χ1v) is 7.36. The average Bonchev–Trinajstić information content (AvgIpc) is 2.73. The van der Waals surface area contributed by atoms with E-state index in [2.05, 4.69) is 4.98 Å². The van der Waals surface area contributed by atoms with E-state index >= 15 is 0 Å². The van der Waals surface area contributed by atoms with Gasteiger partial charge in [-0.3, -0.25) is 4.79 Å². The van der Waals surface area contributed by atoms with Crippen LogP contribution in [0.1, 0.15) is 36.5 Å². The van der Waals surface area contributed by atoms with Crippen LogP contribution in [-0.2, 0) is 24.2 Å². The first-order chi connectivity index (χ1) is 9.11. The molecule has 1 aliphatic rings. The van der Waals surface area contributed by atoms with Gasteiger partial charge in [0.25, 0.3) is 5.56 Å². The zero-order valence-electron chi connectivity index (χ0n) is 11.1. The van der Waals surface area contributed by atoms with E-state index in [1.54, 1.807) is 11.3 Å². The quantitative estimate of drug-likeness (QED) is 0.847. The lowest BCUT2D eigenvalue weighted by Gasteiger charge is -2.19. The molecule has 1 aliphatic heterocycles. The predicted molar refractivity (Wildman–Crippen MR) is 76.0 cm³/mol. The minimum Gasteiger partial charge on any atom is -0.373 e. The number of fused-ring (bicyclic) bond motifs is 3. The molecule has 6 heteroatoms.